The molecule has 27 heavy (non-hydrogen) atoms. The molecule has 0 aliphatic carbocycles. The molecule has 9 heteroatoms. The summed E-state index contributed by atoms with van der Waals surface area (Å²) < 4.78 is 6.30. The molecule has 0 saturated carbocycles. The summed E-state index contributed by atoms with van der Waals surface area (Å²) in [7, 11) is 1.35. The molecular formula is C18H19N5O3S. The minimum Gasteiger partial charge on any atom is -0.469 e. The normalized spacial score (nSPS) is 10.7. The van der Waals surface area contributed by atoms with Gasteiger partial charge in [-0.05, 0) is 18.6 Å². The number of carbonyl (C=O) groups is 2. The van der Waals surface area contributed by atoms with Gasteiger partial charge in [0.15, 0.2) is 5.65 Å². The fourth-order valence-corrected chi connectivity index (χ4v) is 3.23. The van der Waals surface area contributed by atoms with Crippen molar-refractivity contribution in [2.45, 2.75) is 17.9 Å². The summed E-state index contributed by atoms with van der Waals surface area (Å²) in [6, 6.07) is 9.70. The number of esters is 1. The molecule has 140 valence electrons. The van der Waals surface area contributed by atoms with Gasteiger partial charge < -0.3 is 10.1 Å². The van der Waals surface area contributed by atoms with Crippen LogP contribution in [-0.2, 0) is 14.3 Å². The predicted molar refractivity (Wildman–Crippen MR) is 102 cm³/mol. The zero-order chi connectivity index (χ0) is 19.1. The summed E-state index contributed by atoms with van der Waals surface area (Å²) in [5.41, 5.74) is 1.60. The van der Waals surface area contributed by atoms with Gasteiger partial charge in [0, 0.05) is 13.0 Å². The van der Waals surface area contributed by atoms with Gasteiger partial charge in [-0.2, -0.15) is 5.10 Å². The first-order valence-electron chi connectivity index (χ1n) is 8.39. The van der Waals surface area contributed by atoms with Gasteiger partial charge >= 0.3 is 5.97 Å². The summed E-state index contributed by atoms with van der Waals surface area (Å²) in [6.07, 6.45) is 4.01. The molecule has 0 bridgehead atoms. The molecule has 2 aromatic heterocycles. The molecule has 8 nitrogen and oxygen atoms in total. The van der Waals surface area contributed by atoms with Crippen LogP contribution in [-0.4, -0.2) is 51.0 Å². The quantitative estimate of drug-likeness (QED) is 0.274. The fourth-order valence-electron chi connectivity index (χ4n) is 2.44. The molecule has 0 aliphatic rings. The number of para-hydroxylation sites is 1. The van der Waals surface area contributed by atoms with E-state index in [4.69, 9.17) is 0 Å². The van der Waals surface area contributed by atoms with E-state index in [0.717, 1.165) is 11.1 Å². The van der Waals surface area contributed by atoms with Gasteiger partial charge in [0.2, 0.25) is 5.91 Å². The third-order valence-corrected chi connectivity index (χ3v) is 4.78. The van der Waals surface area contributed by atoms with E-state index in [2.05, 4.69) is 25.1 Å². The number of hydrogen-bond acceptors (Lipinski definition) is 7. The molecule has 0 unspecified atom stereocenters. The number of nitrogens with zero attached hydrogens (tertiary/aromatic N) is 4. The average molecular weight is 385 g/mol. The topological polar surface area (TPSA) is 99.0 Å². The van der Waals surface area contributed by atoms with Gasteiger partial charge in [0.05, 0.1) is 30.1 Å². The summed E-state index contributed by atoms with van der Waals surface area (Å²) in [5, 5.41) is 8.67. The highest BCUT2D eigenvalue weighted by Crippen LogP contribution is 2.25. The van der Waals surface area contributed by atoms with Crippen LogP contribution >= 0.6 is 11.8 Å². The van der Waals surface area contributed by atoms with Gasteiger partial charge in [-0.25, -0.2) is 14.6 Å². The number of amides is 1. The van der Waals surface area contributed by atoms with Crippen molar-refractivity contribution in [2.75, 3.05) is 19.4 Å². The maximum absolute atomic E-state index is 12.0. The zero-order valence-corrected chi connectivity index (χ0v) is 15.6. The van der Waals surface area contributed by atoms with E-state index in [1.54, 1.807) is 10.9 Å². The molecule has 3 aromatic rings. The lowest BCUT2D eigenvalue weighted by Gasteiger charge is -2.05. The lowest BCUT2D eigenvalue weighted by molar-refractivity contribution is -0.140. The lowest BCUT2D eigenvalue weighted by Crippen LogP contribution is -2.26. The van der Waals surface area contributed by atoms with E-state index in [1.165, 1.54) is 25.2 Å². The lowest BCUT2D eigenvalue weighted by atomic mass is 10.3. The molecular weight excluding hydrogens is 366 g/mol. The Morgan fingerprint density at radius 1 is 1.22 bits per heavy atom. The summed E-state index contributed by atoms with van der Waals surface area (Å²) in [5.74, 6) is -0.176. The third-order valence-electron chi connectivity index (χ3n) is 3.78. The highest BCUT2D eigenvalue weighted by Gasteiger charge is 2.13. The number of rotatable bonds is 8. The van der Waals surface area contributed by atoms with E-state index in [-0.39, 0.29) is 24.1 Å². The molecule has 1 N–H and O–H groups in total. The van der Waals surface area contributed by atoms with E-state index in [1.807, 2.05) is 30.3 Å². The Bertz CT molecular complexity index is 929. The Labute approximate surface area is 160 Å². The molecule has 0 aliphatic heterocycles. The van der Waals surface area contributed by atoms with Gasteiger partial charge in [0.1, 0.15) is 11.4 Å². The molecule has 0 atom stereocenters. The van der Waals surface area contributed by atoms with Crippen molar-refractivity contribution < 1.29 is 14.3 Å². The first-order chi connectivity index (χ1) is 13.2. The Morgan fingerprint density at radius 3 is 2.81 bits per heavy atom. The third kappa shape index (κ3) is 4.82. The van der Waals surface area contributed by atoms with E-state index in [0.29, 0.717) is 23.6 Å². The van der Waals surface area contributed by atoms with Crippen molar-refractivity contribution >= 4 is 34.7 Å². The van der Waals surface area contributed by atoms with Crippen LogP contribution in [0.15, 0.2) is 47.9 Å². The molecule has 3 rings (SSSR count). The van der Waals surface area contributed by atoms with Crippen LogP contribution in [0.1, 0.15) is 12.8 Å². The number of thioether (sulfide) groups is 1. The maximum atomic E-state index is 12.0. The van der Waals surface area contributed by atoms with Crippen LogP contribution in [0.2, 0.25) is 0 Å². The number of ether oxygens (including phenoxy) is 1. The van der Waals surface area contributed by atoms with Crippen LogP contribution in [0.4, 0.5) is 0 Å². The van der Waals surface area contributed by atoms with Gasteiger partial charge in [0.25, 0.3) is 0 Å². The van der Waals surface area contributed by atoms with Crippen molar-refractivity contribution in [1.82, 2.24) is 25.1 Å². The highest BCUT2D eigenvalue weighted by atomic mass is 32.2. The molecule has 1 amide bonds. The summed E-state index contributed by atoms with van der Waals surface area (Å²) in [4.78, 5) is 31.6. The van der Waals surface area contributed by atoms with Crippen molar-refractivity contribution in [1.29, 1.82) is 0 Å². The van der Waals surface area contributed by atoms with Crippen molar-refractivity contribution in [2.24, 2.45) is 0 Å². The Morgan fingerprint density at radius 2 is 2.04 bits per heavy atom. The maximum Gasteiger partial charge on any atom is 0.305 e. The Kier molecular flexibility index (Phi) is 6.37. The second-order valence-electron chi connectivity index (χ2n) is 5.63. The number of aromatic nitrogens is 4. The van der Waals surface area contributed by atoms with Crippen LogP contribution in [0, 0.1) is 0 Å². The van der Waals surface area contributed by atoms with E-state index < -0.39 is 0 Å². The van der Waals surface area contributed by atoms with Crippen LogP contribution in [0.3, 0.4) is 0 Å². The molecule has 2 heterocycles. The molecule has 0 fully saturated rings. The summed E-state index contributed by atoms with van der Waals surface area (Å²) >= 11 is 1.33. The first kappa shape index (κ1) is 18.8. The monoisotopic (exact) mass is 385 g/mol. The van der Waals surface area contributed by atoms with Gasteiger partial charge in [-0.15, -0.1) is 0 Å². The fraction of sp³-hybridized carbons (Fsp3) is 0.278. The van der Waals surface area contributed by atoms with E-state index in [9.17, 15) is 9.59 Å². The second-order valence-corrected chi connectivity index (χ2v) is 6.59. The number of fused-ring (bicyclic) bond motifs is 1. The Hall–Kier alpha value is -2.94. The zero-order valence-electron chi connectivity index (χ0n) is 14.8. The number of benzene rings is 1. The number of hydrogen-bond donors (Lipinski definition) is 1. The molecule has 0 radical (unpaired) electrons. The molecule has 1 aromatic carbocycles. The molecule has 0 spiro atoms. The van der Waals surface area contributed by atoms with Crippen molar-refractivity contribution in [3.05, 3.63) is 42.9 Å². The Balaban J connectivity index is 1.60. The van der Waals surface area contributed by atoms with E-state index >= 15 is 0 Å². The SMILES string of the molecule is COC(=O)CCCNC(=O)CSc1ncnc2c1cnn2-c1ccccc1. The first-order valence-corrected chi connectivity index (χ1v) is 9.38. The number of methoxy groups -OCH3 is 1. The molecule has 0 saturated heterocycles. The number of nitrogens with one attached hydrogen (secondary N) is 1. The van der Waals surface area contributed by atoms with Crippen LogP contribution in [0.5, 0.6) is 0 Å². The van der Waals surface area contributed by atoms with Gasteiger partial charge in [-0.3, -0.25) is 9.59 Å². The second kappa shape index (κ2) is 9.13. The summed E-state index contributed by atoms with van der Waals surface area (Å²) in [6.45, 7) is 0.430. The minimum absolute atomic E-state index is 0.118. The van der Waals surface area contributed by atoms with Crippen molar-refractivity contribution in [3.63, 3.8) is 0 Å². The van der Waals surface area contributed by atoms with Crippen LogP contribution < -0.4 is 5.32 Å². The minimum atomic E-state index is -0.280. The van der Waals surface area contributed by atoms with Crippen molar-refractivity contribution in [3.8, 4) is 5.69 Å². The highest BCUT2D eigenvalue weighted by molar-refractivity contribution is 8.00. The van der Waals surface area contributed by atoms with Gasteiger partial charge in [-0.1, -0.05) is 30.0 Å². The standard InChI is InChI=1S/C18H19N5O3S/c1-26-16(25)8-5-9-19-15(24)11-27-18-14-10-22-23(17(14)20-12-21-18)13-6-3-2-4-7-13/h2-4,6-7,10,12H,5,8-9,11H2,1H3,(H,19,24). The van der Waals surface area contributed by atoms with Crippen LogP contribution in [0.25, 0.3) is 16.7 Å². The number of carbonyl (C=O) groups excluding carboxylic acids is 2. The predicted octanol–water partition coefficient (Wildman–Crippen LogP) is 1.98. The average Bonchev–Trinajstić information content (AvgIpc) is 3.14. The smallest absolute Gasteiger partial charge is 0.305 e. The largest absolute Gasteiger partial charge is 0.469 e.